The predicted octanol–water partition coefficient (Wildman–Crippen LogP) is 3.84. The monoisotopic (exact) mass is 277 g/mol. The van der Waals surface area contributed by atoms with Gasteiger partial charge in [0.1, 0.15) is 5.75 Å². The molecule has 0 spiro atoms. The van der Waals surface area contributed by atoms with E-state index in [9.17, 15) is 4.79 Å². The number of rotatable bonds is 3. The summed E-state index contributed by atoms with van der Waals surface area (Å²) >= 11 is 5.86. The second-order valence-electron chi connectivity index (χ2n) is 4.15. The van der Waals surface area contributed by atoms with Gasteiger partial charge in [0.15, 0.2) is 0 Å². The molecule has 0 radical (unpaired) electrons. The van der Waals surface area contributed by atoms with Gasteiger partial charge in [-0.2, -0.15) is 0 Å². The van der Waals surface area contributed by atoms with Crippen molar-refractivity contribution in [1.29, 1.82) is 0 Å². The Bertz CT molecular complexity index is 641. The highest BCUT2D eigenvalue weighted by Crippen LogP contribution is 2.26. The summed E-state index contributed by atoms with van der Waals surface area (Å²) in [5.41, 5.74) is 1.59. The third kappa shape index (κ3) is 3.23. The third-order valence-corrected chi connectivity index (χ3v) is 2.76. The van der Waals surface area contributed by atoms with Gasteiger partial charge in [-0.05, 0) is 43.7 Å². The number of aromatic carboxylic acids is 1. The Balaban J connectivity index is 2.35. The van der Waals surface area contributed by atoms with Gasteiger partial charge in [0.2, 0.25) is 5.88 Å². The molecule has 0 saturated carbocycles. The minimum absolute atomic E-state index is 0.147. The van der Waals surface area contributed by atoms with E-state index in [2.05, 4.69) is 4.98 Å². The Kier molecular flexibility index (Phi) is 3.71. The van der Waals surface area contributed by atoms with Crippen molar-refractivity contribution in [2.24, 2.45) is 0 Å². The Morgan fingerprint density at radius 2 is 2.00 bits per heavy atom. The fourth-order valence-corrected chi connectivity index (χ4v) is 1.88. The molecule has 0 saturated heterocycles. The molecule has 0 atom stereocenters. The molecule has 0 bridgehead atoms. The summed E-state index contributed by atoms with van der Waals surface area (Å²) in [6.07, 6.45) is 0. The first-order chi connectivity index (χ1) is 8.95. The van der Waals surface area contributed by atoms with Crippen LogP contribution in [0, 0.1) is 13.8 Å². The van der Waals surface area contributed by atoms with E-state index in [4.69, 9.17) is 21.4 Å². The van der Waals surface area contributed by atoms with Crippen LogP contribution in [0.15, 0.2) is 30.3 Å². The summed E-state index contributed by atoms with van der Waals surface area (Å²) in [4.78, 5) is 15.1. The average Bonchev–Trinajstić information content (AvgIpc) is 2.32. The van der Waals surface area contributed by atoms with Crippen LogP contribution in [0.25, 0.3) is 0 Å². The van der Waals surface area contributed by atoms with E-state index in [1.165, 1.54) is 12.1 Å². The zero-order valence-electron chi connectivity index (χ0n) is 10.5. The van der Waals surface area contributed by atoms with E-state index in [0.29, 0.717) is 16.5 Å². The van der Waals surface area contributed by atoms with Crippen molar-refractivity contribution in [2.75, 3.05) is 0 Å². The number of hydrogen-bond donors (Lipinski definition) is 1. The molecule has 5 heteroatoms. The van der Waals surface area contributed by atoms with Gasteiger partial charge in [0, 0.05) is 16.8 Å². The summed E-state index contributed by atoms with van der Waals surface area (Å²) in [6, 6.07) is 8.08. The zero-order valence-corrected chi connectivity index (χ0v) is 11.2. The number of ether oxygens (including phenoxy) is 1. The van der Waals surface area contributed by atoms with E-state index in [-0.39, 0.29) is 11.4 Å². The van der Waals surface area contributed by atoms with Crippen molar-refractivity contribution < 1.29 is 14.6 Å². The molecule has 0 amide bonds. The van der Waals surface area contributed by atoms with Crippen molar-refractivity contribution in [1.82, 2.24) is 4.98 Å². The SMILES string of the molecule is Cc1cc(C(=O)O)cc(Oc2ccc(Cl)cc2C)n1. The van der Waals surface area contributed by atoms with Crippen LogP contribution in [-0.4, -0.2) is 16.1 Å². The number of hydrogen-bond acceptors (Lipinski definition) is 3. The second-order valence-corrected chi connectivity index (χ2v) is 4.59. The molecule has 0 aliphatic heterocycles. The van der Waals surface area contributed by atoms with Crippen LogP contribution >= 0.6 is 11.6 Å². The summed E-state index contributed by atoms with van der Waals surface area (Å²) in [5.74, 6) is -0.162. The number of aryl methyl sites for hydroxylation is 2. The van der Waals surface area contributed by atoms with E-state index < -0.39 is 5.97 Å². The molecular formula is C14H12ClNO3. The highest BCUT2D eigenvalue weighted by Gasteiger charge is 2.09. The Morgan fingerprint density at radius 1 is 1.26 bits per heavy atom. The van der Waals surface area contributed by atoms with Gasteiger partial charge in [-0.15, -0.1) is 0 Å². The smallest absolute Gasteiger partial charge is 0.335 e. The van der Waals surface area contributed by atoms with Crippen LogP contribution in [0.2, 0.25) is 5.02 Å². The molecule has 0 aliphatic rings. The molecule has 0 aliphatic carbocycles. The van der Waals surface area contributed by atoms with Crippen molar-refractivity contribution in [3.8, 4) is 11.6 Å². The van der Waals surface area contributed by atoms with Gasteiger partial charge in [-0.25, -0.2) is 9.78 Å². The molecular weight excluding hydrogens is 266 g/mol. The van der Waals surface area contributed by atoms with E-state index >= 15 is 0 Å². The van der Waals surface area contributed by atoms with Gasteiger partial charge < -0.3 is 9.84 Å². The number of pyridine rings is 1. The Morgan fingerprint density at radius 3 is 2.63 bits per heavy atom. The van der Waals surface area contributed by atoms with Crippen molar-refractivity contribution >= 4 is 17.6 Å². The van der Waals surface area contributed by atoms with Crippen LogP contribution < -0.4 is 4.74 Å². The summed E-state index contributed by atoms with van der Waals surface area (Å²) in [6.45, 7) is 3.57. The van der Waals surface area contributed by atoms with Crippen LogP contribution in [0.4, 0.5) is 0 Å². The van der Waals surface area contributed by atoms with Crippen molar-refractivity contribution in [3.63, 3.8) is 0 Å². The summed E-state index contributed by atoms with van der Waals surface area (Å²) in [5, 5.41) is 9.61. The maximum absolute atomic E-state index is 11.0. The quantitative estimate of drug-likeness (QED) is 0.926. The molecule has 2 rings (SSSR count). The van der Waals surface area contributed by atoms with Crippen LogP contribution in [0.1, 0.15) is 21.6 Å². The Hall–Kier alpha value is -2.07. The number of aromatic nitrogens is 1. The molecule has 1 aromatic heterocycles. The minimum Gasteiger partial charge on any atom is -0.478 e. The molecule has 1 N–H and O–H groups in total. The maximum Gasteiger partial charge on any atom is 0.335 e. The summed E-state index contributed by atoms with van der Waals surface area (Å²) in [7, 11) is 0. The number of carboxylic acid groups (broad SMARTS) is 1. The number of benzene rings is 1. The molecule has 0 unspecified atom stereocenters. The molecule has 0 fully saturated rings. The van der Waals surface area contributed by atoms with E-state index in [1.54, 1.807) is 25.1 Å². The van der Waals surface area contributed by atoms with Gasteiger partial charge in [0.25, 0.3) is 0 Å². The molecule has 2 aromatic rings. The number of halogens is 1. The first-order valence-electron chi connectivity index (χ1n) is 5.61. The second kappa shape index (κ2) is 5.28. The Labute approximate surface area is 115 Å². The van der Waals surface area contributed by atoms with Crippen LogP contribution in [0.3, 0.4) is 0 Å². The number of carboxylic acids is 1. The van der Waals surface area contributed by atoms with Crippen molar-refractivity contribution in [2.45, 2.75) is 13.8 Å². The number of nitrogens with zero attached hydrogens (tertiary/aromatic N) is 1. The first kappa shape index (κ1) is 13.4. The largest absolute Gasteiger partial charge is 0.478 e. The fourth-order valence-electron chi connectivity index (χ4n) is 1.65. The lowest BCUT2D eigenvalue weighted by Crippen LogP contribution is -2.00. The van der Waals surface area contributed by atoms with Gasteiger partial charge in [0.05, 0.1) is 5.56 Å². The lowest BCUT2D eigenvalue weighted by atomic mass is 10.2. The molecule has 1 aromatic carbocycles. The van der Waals surface area contributed by atoms with Gasteiger partial charge in [-0.1, -0.05) is 11.6 Å². The lowest BCUT2D eigenvalue weighted by Gasteiger charge is -2.09. The topological polar surface area (TPSA) is 59.4 Å². The molecule has 1 heterocycles. The zero-order chi connectivity index (χ0) is 14.0. The van der Waals surface area contributed by atoms with Crippen LogP contribution in [-0.2, 0) is 0 Å². The average molecular weight is 278 g/mol. The van der Waals surface area contributed by atoms with Gasteiger partial charge >= 0.3 is 5.97 Å². The first-order valence-corrected chi connectivity index (χ1v) is 5.99. The maximum atomic E-state index is 11.0. The molecule has 98 valence electrons. The van der Waals surface area contributed by atoms with E-state index in [1.807, 2.05) is 6.92 Å². The lowest BCUT2D eigenvalue weighted by molar-refractivity contribution is 0.0696. The minimum atomic E-state index is -1.01. The fraction of sp³-hybridized carbons (Fsp3) is 0.143. The highest BCUT2D eigenvalue weighted by atomic mass is 35.5. The normalized spacial score (nSPS) is 10.3. The number of carbonyl (C=O) groups is 1. The van der Waals surface area contributed by atoms with E-state index in [0.717, 1.165) is 5.56 Å². The summed E-state index contributed by atoms with van der Waals surface area (Å²) < 4.78 is 5.60. The molecule has 4 nitrogen and oxygen atoms in total. The predicted molar refractivity (Wildman–Crippen MR) is 72.2 cm³/mol. The third-order valence-electron chi connectivity index (χ3n) is 2.53. The van der Waals surface area contributed by atoms with Crippen LogP contribution in [0.5, 0.6) is 11.6 Å². The highest BCUT2D eigenvalue weighted by molar-refractivity contribution is 6.30. The van der Waals surface area contributed by atoms with Crippen molar-refractivity contribution in [3.05, 3.63) is 52.2 Å². The standard InChI is InChI=1S/C14H12ClNO3/c1-8-5-11(15)3-4-12(8)19-13-7-10(14(17)18)6-9(2)16-13/h3-7H,1-2H3,(H,17,18). The molecule has 19 heavy (non-hydrogen) atoms. The van der Waals surface area contributed by atoms with Gasteiger partial charge in [-0.3, -0.25) is 0 Å².